The molecule has 0 unspecified atom stereocenters. The first-order chi connectivity index (χ1) is 15.4. The standard InChI is InChI=1S/C26H40ClN3O2/c1-29(2)15-16-30(19-21-9-6-10-23(27)17-21)26(32)22-11-13-24(14-12-22)28-25(31)18-20-7-4-3-5-8-20/h6,9-10,17,20,22,24H,3-5,7-8,11-16,18-19H2,1-2H3,(H,28,31). The van der Waals surface area contributed by atoms with Crippen LogP contribution < -0.4 is 5.32 Å². The molecule has 3 rings (SSSR count). The Morgan fingerprint density at radius 2 is 1.72 bits per heavy atom. The second kappa shape index (κ2) is 12.6. The summed E-state index contributed by atoms with van der Waals surface area (Å²) in [5, 5.41) is 3.96. The van der Waals surface area contributed by atoms with Crippen molar-refractivity contribution in [3.8, 4) is 0 Å². The van der Waals surface area contributed by atoms with Gasteiger partial charge in [-0.25, -0.2) is 0 Å². The maximum Gasteiger partial charge on any atom is 0.226 e. The summed E-state index contributed by atoms with van der Waals surface area (Å²) in [7, 11) is 4.06. The van der Waals surface area contributed by atoms with E-state index in [1.54, 1.807) is 0 Å². The number of hydrogen-bond donors (Lipinski definition) is 1. The average molecular weight is 462 g/mol. The van der Waals surface area contributed by atoms with Crippen molar-refractivity contribution in [1.82, 2.24) is 15.1 Å². The Labute approximate surface area is 198 Å². The van der Waals surface area contributed by atoms with Gasteiger partial charge in [-0.3, -0.25) is 9.59 Å². The van der Waals surface area contributed by atoms with Crippen LogP contribution in [0.5, 0.6) is 0 Å². The van der Waals surface area contributed by atoms with Crippen LogP contribution in [0.2, 0.25) is 5.02 Å². The summed E-state index contributed by atoms with van der Waals surface area (Å²) >= 11 is 6.16. The van der Waals surface area contributed by atoms with Gasteiger partial charge in [-0.15, -0.1) is 0 Å². The van der Waals surface area contributed by atoms with Gasteiger partial charge in [-0.2, -0.15) is 0 Å². The molecule has 0 saturated heterocycles. The monoisotopic (exact) mass is 461 g/mol. The van der Waals surface area contributed by atoms with Gasteiger partial charge in [0.2, 0.25) is 11.8 Å². The van der Waals surface area contributed by atoms with Crippen LogP contribution in [-0.2, 0) is 16.1 Å². The molecule has 0 atom stereocenters. The van der Waals surface area contributed by atoms with Gasteiger partial charge in [-0.1, -0.05) is 43.0 Å². The Morgan fingerprint density at radius 3 is 2.38 bits per heavy atom. The molecular weight excluding hydrogens is 422 g/mol. The van der Waals surface area contributed by atoms with E-state index in [0.29, 0.717) is 30.5 Å². The van der Waals surface area contributed by atoms with Gasteiger partial charge in [0, 0.05) is 43.0 Å². The number of amides is 2. The smallest absolute Gasteiger partial charge is 0.226 e. The largest absolute Gasteiger partial charge is 0.353 e. The minimum Gasteiger partial charge on any atom is -0.353 e. The molecule has 0 heterocycles. The van der Waals surface area contributed by atoms with Gasteiger partial charge < -0.3 is 15.1 Å². The topological polar surface area (TPSA) is 52.6 Å². The van der Waals surface area contributed by atoms with Crippen molar-refractivity contribution in [3.05, 3.63) is 34.9 Å². The van der Waals surface area contributed by atoms with Crippen LogP contribution in [0.25, 0.3) is 0 Å². The van der Waals surface area contributed by atoms with Crippen molar-refractivity contribution in [1.29, 1.82) is 0 Å². The van der Waals surface area contributed by atoms with E-state index in [1.165, 1.54) is 32.1 Å². The Hall–Kier alpha value is -1.59. The third kappa shape index (κ3) is 8.08. The first kappa shape index (κ1) is 25.0. The van der Waals surface area contributed by atoms with Crippen molar-refractivity contribution in [2.45, 2.75) is 76.8 Å². The highest BCUT2D eigenvalue weighted by atomic mass is 35.5. The molecule has 2 fully saturated rings. The lowest BCUT2D eigenvalue weighted by atomic mass is 9.84. The fourth-order valence-electron chi connectivity index (χ4n) is 5.13. The molecule has 5 nitrogen and oxygen atoms in total. The van der Waals surface area contributed by atoms with Crippen LogP contribution in [0.4, 0.5) is 0 Å². The minimum absolute atomic E-state index is 0.0443. The number of likely N-dealkylation sites (N-methyl/N-ethyl adjacent to an activating group) is 1. The molecule has 2 aliphatic rings. The number of rotatable bonds is 9. The second-order valence-electron chi connectivity index (χ2n) is 10.0. The van der Waals surface area contributed by atoms with E-state index in [9.17, 15) is 9.59 Å². The molecular formula is C26H40ClN3O2. The number of nitrogens with one attached hydrogen (secondary N) is 1. The number of halogens is 1. The lowest BCUT2D eigenvalue weighted by Gasteiger charge is -2.33. The van der Waals surface area contributed by atoms with Crippen LogP contribution in [0.15, 0.2) is 24.3 Å². The predicted octanol–water partition coefficient (Wildman–Crippen LogP) is 4.88. The van der Waals surface area contributed by atoms with Gasteiger partial charge in [-0.05, 0) is 76.2 Å². The van der Waals surface area contributed by atoms with Crippen molar-refractivity contribution >= 4 is 23.4 Å². The number of carbonyl (C=O) groups excluding carboxylic acids is 2. The molecule has 1 aromatic carbocycles. The second-order valence-corrected chi connectivity index (χ2v) is 10.5. The quantitative estimate of drug-likeness (QED) is 0.570. The van der Waals surface area contributed by atoms with Crippen LogP contribution >= 0.6 is 11.6 Å². The van der Waals surface area contributed by atoms with E-state index in [2.05, 4.69) is 10.2 Å². The zero-order chi connectivity index (χ0) is 22.9. The zero-order valence-corrected chi connectivity index (χ0v) is 20.6. The maximum absolute atomic E-state index is 13.4. The van der Waals surface area contributed by atoms with Crippen molar-refractivity contribution in [2.75, 3.05) is 27.2 Å². The van der Waals surface area contributed by atoms with Gasteiger partial charge in [0.05, 0.1) is 0 Å². The van der Waals surface area contributed by atoms with E-state index in [0.717, 1.165) is 37.8 Å². The normalized spacial score (nSPS) is 22.0. The molecule has 2 aliphatic carbocycles. The van der Waals surface area contributed by atoms with Gasteiger partial charge in [0.15, 0.2) is 0 Å². The van der Waals surface area contributed by atoms with Crippen LogP contribution in [-0.4, -0.2) is 54.8 Å². The number of carbonyl (C=O) groups is 2. The highest BCUT2D eigenvalue weighted by Gasteiger charge is 2.30. The highest BCUT2D eigenvalue weighted by Crippen LogP contribution is 2.29. The van der Waals surface area contributed by atoms with Crippen LogP contribution in [0.1, 0.15) is 69.8 Å². The minimum atomic E-state index is 0.0443. The number of nitrogens with zero attached hydrogens (tertiary/aromatic N) is 2. The summed E-state index contributed by atoms with van der Waals surface area (Å²) in [6, 6.07) is 7.99. The van der Waals surface area contributed by atoms with E-state index in [4.69, 9.17) is 11.6 Å². The predicted molar refractivity (Wildman–Crippen MR) is 131 cm³/mol. The third-order valence-corrected chi connectivity index (χ3v) is 7.27. The summed E-state index contributed by atoms with van der Waals surface area (Å²) < 4.78 is 0. The molecule has 2 amide bonds. The third-order valence-electron chi connectivity index (χ3n) is 7.03. The molecule has 6 heteroatoms. The van der Waals surface area contributed by atoms with Gasteiger partial charge >= 0.3 is 0 Å². The van der Waals surface area contributed by atoms with Gasteiger partial charge in [0.1, 0.15) is 0 Å². The first-order valence-electron chi connectivity index (χ1n) is 12.4. The van der Waals surface area contributed by atoms with Crippen LogP contribution in [0, 0.1) is 11.8 Å². The van der Waals surface area contributed by atoms with E-state index >= 15 is 0 Å². The van der Waals surface area contributed by atoms with E-state index in [1.807, 2.05) is 43.3 Å². The number of hydrogen-bond acceptors (Lipinski definition) is 3. The Balaban J connectivity index is 1.49. The van der Waals surface area contributed by atoms with Crippen LogP contribution in [0.3, 0.4) is 0 Å². The molecule has 178 valence electrons. The molecule has 1 aromatic rings. The molecule has 0 aromatic heterocycles. The molecule has 2 saturated carbocycles. The first-order valence-corrected chi connectivity index (χ1v) is 12.8. The zero-order valence-electron chi connectivity index (χ0n) is 19.8. The lowest BCUT2D eigenvalue weighted by Crippen LogP contribution is -2.44. The summed E-state index contributed by atoms with van der Waals surface area (Å²) in [5.74, 6) is 1.06. The SMILES string of the molecule is CN(C)CCN(Cc1cccc(Cl)c1)C(=O)C1CCC(NC(=O)CC2CCCCC2)CC1. The molecule has 0 aliphatic heterocycles. The van der Waals surface area contributed by atoms with E-state index in [-0.39, 0.29) is 23.8 Å². The Kier molecular flexibility index (Phi) is 9.86. The molecule has 0 radical (unpaired) electrons. The fraction of sp³-hybridized carbons (Fsp3) is 0.692. The summed E-state index contributed by atoms with van der Waals surface area (Å²) in [6.45, 7) is 2.13. The molecule has 1 N–H and O–H groups in total. The maximum atomic E-state index is 13.4. The van der Waals surface area contributed by atoms with Crippen molar-refractivity contribution in [2.24, 2.45) is 11.8 Å². The summed E-state index contributed by atoms with van der Waals surface area (Å²) in [4.78, 5) is 30.0. The molecule has 0 spiro atoms. The Morgan fingerprint density at radius 1 is 1.00 bits per heavy atom. The highest BCUT2D eigenvalue weighted by molar-refractivity contribution is 6.30. The fourth-order valence-corrected chi connectivity index (χ4v) is 5.34. The average Bonchev–Trinajstić information content (AvgIpc) is 2.77. The summed E-state index contributed by atoms with van der Waals surface area (Å²) in [6.07, 6.45) is 10.4. The summed E-state index contributed by atoms with van der Waals surface area (Å²) in [5.41, 5.74) is 1.06. The Bertz CT molecular complexity index is 740. The molecule has 0 bridgehead atoms. The van der Waals surface area contributed by atoms with E-state index < -0.39 is 0 Å². The number of benzene rings is 1. The lowest BCUT2D eigenvalue weighted by molar-refractivity contribution is -0.137. The van der Waals surface area contributed by atoms with Crippen molar-refractivity contribution < 1.29 is 9.59 Å². The molecule has 32 heavy (non-hydrogen) atoms. The van der Waals surface area contributed by atoms with Crippen molar-refractivity contribution in [3.63, 3.8) is 0 Å². The van der Waals surface area contributed by atoms with Gasteiger partial charge in [0.25, 0.3) is 0 Å².